The van der Waals surface area contributed by atoms with E-state index in [1.165, 1.54) is 18.2 Å². The molecule has 0 aromatic heterocycles. The molecule has 0 aromatic carbocycles. The average molecular weight is 609 g/mol. The zero-order valence-electron chi connectivity index (χ0n) is 18.8. The fourth-order valence-electron chi connectivity index (χ4n) is 2.86. The van der Waals surface area contributed by atoms with Gasteiger partial charge in [-0.1, -0.05) is 36.1 Å². The monoisotopic (exact) mass is 609 g/mol. The van der Waals surface area contributed by atoms with E-state index in [1.807, 2.05) is 0 Å². The van der Waals surface area contributed by atoms with E-state index in [2.05, 4.69) is 25.0 Å². The van der Waals surface area contributed by atoms with Crippen LogP contribution in [0.25, 0.3) is 0 Å². The largest absolute Gasteiger partial charge is 0.490 e. The zero-order chi connectivity index (χ0) is 28.8. The van der Waals surface area contributed by atoms with Crippen molar-refractivity contribution in [3.8, 4) is 11.8 Å². The van der Waals surface area contributed by atoms with Gasteiger partial charge in [-0.2, -0.15) is 21.8 Å². The second kappa shape index (κ2) is 13.0. The maximum atomic E-state index is 12.2. The normalized spacial score (nSPS) is 27.3. The van der Waals surface area contributed by atoms with Gasteiger partial charge in [0.05, 0.1) is 25.4 Å². The van der Waals surface area contributed by atoms with Crippen LogP contribution in [0, 0.1) is 11.8 Å². The quantitative estimate of drug-likeness (QED) is 0.162. The third-order valence-corrected chi connectivity index (χ3v) is 8.17. The van der Waals surface area contributed by atoms with Crippen LogP contribution < -0.4 is 5.32 Å². The lowest BCUT2D eigenvalue weighted by Gasteiger charge is -2.19. The van der Waals surface area contributed by atoms with Gasteiger partial charge in [0.15, 0.2) is 0 Å². The average Bonchev–Trinajstić information content (AvgIpc) is 3.08. The number of hydrogen-bond acceptors (Lipinski definition) is 9. The number of carbonyl (C=O) groups is 1. The van der Waals surface area contributed by atoms with Crippen molar-refractivity contribution >= 4 is 29.4 Å². The van der Waals surface area contributed by atoms with E-state index in [4.69, 9.17) is 19.4 Å². The number of aliphatic hydroxyl groups excluding tert-OH is 1. The molecule has 3 unspecified atom stereocenters. The molecule has 2 rings (SSSR count). The summed E-state index contributed by atoms with van der Waals surface area (Å²) in [5.41, 5.74) is 0.842. The molecule has 1 aliphatic heterocycles. The molecule has 1 aliphatic carbocycles. The van der Waals surface area contributed by atoms with E-state index in [1.54, 1.807) is 23.5 Å². The molecule has 6 N–H and O–H groups in total. The molecule has 5 atom stereocenters. The van der Waals surface area contributed by atoms with Gasteiger partial charge in [-0.05, 0) is 17.7 Å². The van der Waals surface area contributed by atoms with E-state index in [0.29, 0.717) is 11.1 Å². The highest BCUT2D eigenvalue weighted by Gasteiger charge is 2.43. The summed E-state index contributed by atoms with van der Waals surface area (Å²) in [6.45, 7) is -1.39. The van der Waals surface area contributed by atoms with Crippen LogP contribution in [-0.2, 0) is 36.4 Å². The molecular formula is C18H21F3NO13P3. The summed E-state index contributed by atoms with van der Waals surface area (Å²) in [5.74, 6) is 2.82. The van der Waals surface area contributed by atoms with Crippen molar-refractivity contribution in [1.29, 1.82) is 0 Å². The number of allylic oxidation sites excluding steroid dienone is 6. The first kappa shape index (κ1) is 32.3. The molecule has 0 aromatic rings. The number of nitrogens with one attached hydrogen (secondary N) is 1. The highest BCUT2D eigenvalue weighted by molar-refractivity contribution is 7.66. The number of rotatable bonds is 9. The highest BCUT2D eigenvalue weighted by atomic mass is 31.3. The molecule has 0 radical (unpaired) electrons. The highest BCUT2D eigenvalue weighted by Crippen LogP contribution is 2.66. The minimum absolute atomic E-state index is 0.0252. The van der Waals surface area contributed by atoms with Crippen LogP contribution >= 0.6 is 23.5 Å². The van der Waals surface area contributed by atoms with Crippen molar-refractivity contribution in [2.75, 3.05) is 13.2 Å². The van der Waals surface area contributed by atoms with Gasteiger partial charge in [0.25, 0.3) is 0 Å². The number of carbonyl (C=O) groups excluding carboxylic acids is 1. The molecule has 20 heteroatoms. The van der Waals surface area contributed by atoms with Crippen molar-refractivity contribution in [2.45, 2.75) is 30.9 Å². The summed E-state index contributed by atoms with van der Waals surface area (Å²) in [7, 11) is -16.7. The Labute approximate surface area is 212 Å². The third kappa shape index (κ3) is 11.5. The molecular weight excluding hydrogens is 588 g/mol. The van der Waals surface area contributed by atoms with E-state index >= 15 is 0 Å². The molecule has 1 saturated heterocycles. The van der Waals surface area contributed by atoms with Crippen LogP contribution in [0.3, 0.4) is 0 Å². The zero-order valence-corrected chi connectivity index (χ0v) is 21.5. The fourth-order valence-corrected chi connectivity index (χ4v) is 5.89. The van der Waals surface area contributed by atoms with Crippen LogP contribution in [0.2, 0.25) is 0 Å². The standard InChI is InChI=1S/C18H21F3NO13P3/c19-18(20,21)17(24)22-9-3-5-12-4-1-2-6-13(8-7-12)15-10-14(23)16(33-15)11-32-37(28,29)35-38(30,31)34-36(25,26)27/h1-2,4,6-8,14-16,23H,9-11H2,(H,22,24)(H,28,29)(H,30,31)(H2,25,26,27)/b2-1-,4-1?,6-2?,8-7?,12-4?,12-7?,13-6+,13-8?/t14?,15-,16-/m1/s1. The smallest absolute Gasteiger partial charge is 0.390 e. The molecule has 1 fully saturated rings. The Morgan fingerprint density at radius 3 is 2.37 bits per heavy atom. The predicted molar refractivity (Wildman–Crippen MR) is 120 cm³/mol. The maximum Gasteiger partial charge on any atom is 0.490 e. The Bertz CT molecular complexity index is 1230. The topological polar surface area (TPSA) is 218 Å². The summed E-state index contributed by atoms with van der Waals surface area (Å²) in [6, 6.07) is 0. The Morgan fingerprint density at radius 2 is 1.74 bits per heavy atom. The second-order valence-corrected chi connectivity index (χ2v) is 11.8. The molecule has 14 nitrogen and oxygen atoms in total. The number of phosphoric acid groups is 3. The summed E-state index contributed by atoms with van der Waals surface area (Å²) in [4.78, 5) is 46.5. The fraction of sp³-hybridized carbons (Fsp3) is 0.389. The summed E-state index contributed by atoms with van der Waals surface area (Å²) < 4.78 is 87.7. The van der Waals surface area contributed by atoms with Gasteiger partial charge in [0.2, 0.25) is 0 Å². The molecule has 212 valence electrons. The number of halogens is 3. The van der Waals surface area contributed by atoms with Gasteiger partial charge < -0.3 is 34.7 Å². The lowest BCUT2D eigenvalue weighted by Crippen LogP contribution is -2.36. The number of phosphoric ester groups is 1. The molecule has 0 spiro atoms. The molecule has 0 bridgehead atoms. The summed E-state index contributed by atoms with van der Waals surface area (Å²) in [5, 5.41) is 11.8. The summed E-state index contributed by atoms with van der Waals surface area (Å²) in [6.07, 6.45) is 0.969. The lowest BCUT2D eigenvalue weighted by atomic mass is 10.0. The molecule has 38 heavy (non-hydrogen) atoms. The predicted octanol–water partition coefficient (Wildman–Crippen LogP) is 1.51. The number of amides is 1. The first-order valence-corrected chi connectivity index (χ1v) is 14.6. The second-order valence-electron chi connectivity index (χ2n) is 7.34. The van der Waals surface area contributed by atoms with E-state index < -0.39 is 67.0 Å². The van der Waals surface area contributed by atoms with Crippen molar-refractivity contribution in [3.05, 3.63) is 47.6 Å². The minimum atomic E-state index is -5.70. The van der Waals surface area contributed by atoms with Crippen LogP contribution in [0.1, 0.15) is 6.42 Å². The third-order valence-electron chi connectivity index (χ3n) is 4.37. The van der Waals surface area contributed by atoms with E-state index in [-0.39, 0.29) is 6.42 Å². The van der Waals surface area contributed by atoms with Crippen molar-refractivity contribution in [1.82, 2.24) is 5.32 Å². The maximum absolute atomic E-state index is 12.2. The Morgan fingerprint density at radius 1 is 1.08 bits per heavy atom. The van der Waals surface area contributed by atoms with Crippen molar-refractivity contribution in [2.24, 2.45) is 0 Å². The number of aliphatic hydroxyl groups is 1. The SMILES string of the molecule is O=C(NCC#CC1=C/C=C\C=C(\[C@H]2CC(O)[C@@H](COP(=O)(O)OP(=O)(O)OP(=O)(O)O)O2)C=C1)C(F)(F)F. The van der Waals surface area contributed by atoms with Gasteiger partial charge in [0, 0.05) is 12.0 Å². The van der Waals surface area contributed by atoms with Crippen molar-refractivity contribution < 1.29 is 74.2 Å². The van der Waals surface area contributed by atoms with Gasteiger partial charge in [0.1, 0.15) is 6.10 Å². The van der Waals surface area contributed by atoms with Crippen LogP contribution in [0.15, 0.2) is 47.6 Å². The van der Waals surface area contributed by atoms with Gasteiger partial charge in [-0.25, -0.2) is 13.7 Å². The number of alkyl halides is 3. The Kier molecular flexibility index (Phi) is 11.0. The molecule has 0 saturated carbocycles. The number of hydrogen-bond donors (Lipinski definition) is 6. The summed E-state index contributed by atoms with van der Waals surface area (Å²) >= 11 is 0. The van der Waals surface area contributed by atoms with Crippen LogP contribution in [0.4, 0.5) is 13.2 Å². The molecule has 1 heterocycles. The first-order valence-electron chi connectivity index (χ1n) is 10.1. The van der Waals surface area contributed by atoms with Gasteiger partial charge in [-0.15, -0.1) is 0 Å². The van der Waals surface area contributed by atoms with Crippen molar-refractivity contribution in [3.63, 3.8) is 0 Å². The van der Waals surface area contributed by atoms with Gasteiger partial charge >= 0.3 is 35.6 Å². The number of ether oxygens (including phenoxy) is 1. The molecule has 1 amide bonds. The Hall–Kier alpha value is -1.89. The van der Waals surface area contributed by atoms with Crippen LogP contribution in [-0.4, -0.2) is 68.2 Å². The molecule has 2 aliphatic rings. The van der Waals surface area contributed by atoms with E-state index in [0.717, 1.165) is 0 Å². The first-order chi connectivity index (χ1) is 17.4. The van der Waals surface area contributed by atoms with E-state index in [9.17, 15) is 41.7 Å². The van der Waals surface area contributed by atoms with Crippen LogP contribution in [0.5, 0.6) is 0 Å². The minimum Gasteiger partial charge on any atom is -0.390 e. The lowest BCUT2D eigenvalue weighted by molar-refractivity contribution is -0.173. The van der Waals surface area contributed by atoms with Gasteiger partial charge in [-0.3, -0.25) is 9.32 Å². The Balaban J connectivity index is 1.95.